The van der Waals surface area contributed by atoms with E-state index in [9.17, 15) is 0 Å². The van der Waals surface area contributed by atoms with Crippen LogP contribution in [0.1, 0.15) is 33.1 Å². The first kappa shape index (κ1) is 8.89. The highest BCUT2D eigenvalue weighted by atomic mass is 32.1. The van der Waals surface area contributed by atoms with Crippen LogP contribution >= 0.6 is 12.2 Å². The predicted molar refractivity (Wildman–Crippen MR) is 51.0 cm³/mol. The zero-order valence-electron chi connectivity index (χ0n) is 7.21. The molecule has 0 heterocycles. The summed E-state index contributed by atoms with van der Waals surface area (Å²) in [4.78, 5) is 4.18. The molecule has 1 rings (SSSR count). The van der Waals surface area contributed by atoms with Crippen LogP contribution in [0.3, 0.4) is 0 Å². The van der Waals surface area contributed by atoms with Crippen LogP contribution in [0.2, 0.25) is 0 Å². The minimum absolute atomic E-state index is 0.455. The van der Waals surface area contributed by atoms with Crippen molar-refractivity contribution in [3.8, 4) is 0 Å². The van der Waals surface area contributed by atoms with Crippen molar-refractivity contribution in [1.29, 1.82) is 0 Å². The van der Waals surface area contributed by atoms with E-state index in [0.717, 1.165) is 5.92 Å². The molecule has 0 aromatic carbocycles. The van der Waals surface area contributed by atoms with Crippen LogP contribution in [0.5, 0.6) is 0 Å². The molecule has 0 aliphatic heterocycles. The van der Waals surface area contributed by atoms with Gasteiger partial charge in [0.1, 0.15) is 0 Å². The topological polar surface area (TPSA) is 12.4 Å². The number of thiocarbonyl (C=S) groups is 1. The van der Waals surface area contributed by atoms with Gasteiger partial charge in [-0.3, -0.25) is 0 Å². The van der Waals surface area contributed by atoms with E-state index in [1.807, 2.05) is 0 Å². The first-order chi connectivity index (χ1) is 5.25. The maximum atomic E-state index is 4.61. The molecular weight excluding hydrogens is 154 g/mol. The van der Waals surface area contributed by atoms with Crippen LogP contribution in [0.4, 0.5) is 0 Å². The Labute approximate surface area is 73.9 Å². The lowest BCUT2D eigenvalue weighted by molar-refractivity contribution is 0.242. The quantitative estimate of drug-likeness (QED) is 0.434. The lowest BCUT2D eigenvalue weighted by Gasteiger charge is -2.30. The first-order valence-corrected chi connectivity index (χ1v) is 4.73. The number of hydrogen-bond acceptors (Lipinski definition) is 2. The second kappa shape index (κ2) is 3.99. The summed E-state index contributed by atoms with van der Waals surface area (Å²) in [5.74, 6) is 1.50. The molecule has 0 aromatic rings. The number of aliphatic imine (C=N–C) groups is 1. The largest absolute Gasteiger partial charge is 0.229 e. The van der Waals surface area contributed by atoms with Crippen LogP contribution < -0.4 is 0 Å². The van der Waals surface area contributed by atoms with Crippen molar-refractivity contribution < 1.29 is 0 Å². The zero-order chi connectivity index (χ0) is 8.27. The summed E-state index contributed by atoms with van der Waals surface area (Å²) in [6, 6.07) is 0.455. The van der Waals surface area contributed by atoms with Gasteiger partial charge in [-0.2, -0.15) is 0 Å². The van der Waals surface area contributed by atoms with Crippen LogP contribution in [0, 0.1) is 11.8 Å². The van der Waals surface area contributed by atoms with E-state index in [1.165, 1.54) is 19.3 Å². The van der Waals surface area contributed by atoms with Crippen molar-refractivity contribution in [2.75, 3.05) is 0 Å². The summed E-state index contributed by atoms with van der Waals surface area (Å²) in [6.45, 7) is 4.57. The lowest BCUT2D eigenvalue weighted by atomic mass is 9.78. The lowest BCUT2D eigenvalue weighted by Crippen LogP contribution is -2.26. The van der Waals surface area contributed by atoms with E-state index < -0.39 is 0 Å². The maximum absolute atomic E-state index is 4.61. The molecule has 0 bridgehead atoms. The van der Waals surface area contributed by atoms with Gasteiger partial charge in [-0.15, -0.1) is 0 Å². The standard InChI is InChI=1S/C9H15NS/c1-7-4-3-5-9(8(7)2)10-6-11/h7-9H,3-5H2,1-2H3. The molecule has 2 heteroatoms. The first-order valence-electron chi connectivity index (χ1n) is 4.32. The second-order valence-corrected chi connectivity index (χ2v) is 3.74. The van der Waals surface area contributed by atoms with E-state index in [4.69, 9.17) is 0 Å². The van der Waals surface area contributed by atoms with Crippen molar-refractivity contribution in [1.82, 2.24) is 0 Å². The maximum Gasteiger partial charge on any atom is 0.0630 e. The van der Waals surface area contributed by atoms with Gasteiger partial charge < -0.3 is 0 Å². The molecule has 0 aromatic heterocycles. The monoisotopic (exact) mass is 169 g/mol. The van der Waals surface area contributed by atoms with Gasteiger partial charge in [-0.1, -0.05) is 26.7 Å². The van der Waals surface area contributed by atoms with Crippen molar-refractivity contribution in [2.24, 2.45) is 16.8 Å². The Hall–Kier alpha value is -0.200. The minimum atomic E-state index is 0.455. The van der Waals surface area contributed by atoms with Crippen molar-refractivity contribution in [2.45, 2.75) is 39.2 Å². The Kier molecular flexibility index (Phi) is 3.22. The van der Waals surface area contributed by atoms with Gasteiger partial charge in [0.05, 0.1) is 11.2 Å². The Morgan fingerprint density at radius 2 is 2.09 bits per heavy atom. The van der Waals surface area contributed by atoms with Crippen LogP contribution in [0.25, 0.3) is 0 Å². The van der Waals surface area contributed by atoms with Gasteiger partial charge in [-0.25, -0.2) is 4.99 Å². The fraction of sp³-hybridized carbons (Fsp3) is 0.889. The summed E-state index contributed by atoms with van der Waals surface area (Å²) in [6.07, 6.45) is 3.86. The molecule has 1 aliphatic rings. The molecule has 11 heavy (non-hydrogen) atoms. The molecule has 0 saturated heterocycles. The fourth-order valence-electron chi connectivity index (χ4n) is 1.80. The van der Waals surface area contributed by atoms with Crippen molar-refractivity contribution in [3.05, 3.63) is 0 Å². The highest BCUT2D eigenvalue weighted by Crippen LogP contribution is 2.31. The van der Waals surface area contributed by atoms with Gasteiger partial charge in [-0.05, 0) is 30.5 Å². The SMILES string of the molecule is CC1CCCC(N=C=S)C1C. The Balaban J connectivity index is 2.57. The summed E-state index contributed by atoms with van der Waals surface area (Å²) in [7, 11) is 0. The van der Waals surface area contributed by atoms with E-state index in [1.54, 1.807) is 0 Å². The minimum Gasteiger partial charge on any atom is -0.229 e. The number of rotatable bonds is 1. The Bertz CT molecular complexity index is 172. The molecule has 0 amide bonds. The normalized spacial score (nSPS) is 37.8. The van der Waals surface area contributed by atoms with Gasteiger partial charge in [0.15, 0.2) is 0 Å². The fourth-order valence-corrected chi connectivity index (χ4v) is 1.94. The average molecular weight is 169 g/mol. The summed E-state index contributed by atoms with van der Waals surface area (Å²) >= 11 is 4.61. The number of isothiocyanates is 1. The molecule has 1 saturated carbocycles. The predicted octanol–water partition coefficient (Wildman–Crippen LogP) is 2.91. The Morgan fingerprint density at radius 3 is 2.73 bits per heavy atom. The highest BCUT2D eigenvalue weighted by Gasteiger charge is 2.25. The molecule has 62 valence electrons. The number of hydrogen-bond donors (Lipinski definition) is 0. The summed E-state index contributed by atoms with van der Waals surface area (Å²) < 4.78 is 0. The highest BCUT2D eigenvalue weighted by molar-refractivity contribution is 7.78. The smallest absolute Gasteiger partial charge is 0.0630 e. The van der Waals surface area contributed by atoms with E-state index in [-0.39, 0.29) is 0 Å². The van der Waals surface area contributed by atoms with Gasteiger partial charge in [0, 0.05) is 0 Å². The van der Waals surface area contributed by atoms with Crippen molar-refractivity contribution in [3.63, 3.8) is 0 Å². The van der Waals surface area contributed by atoms with Gasteiger partial charge >= 0.3 is 0 Å². The van der Waals surface area contributed by atoms with Crippen molar-refractivity contribution >= 4 is 17.4 Å². The second-order valence-electron chi connectivity index (χ2n) is 3.56. The molecule has 3 unspecified atom stereocenters. The third kappa shape index (κ3) is 2.11. The third-order valence-electron chi connectivity index (χ3n) is 2.88. The Morgan fingerprint density at radius 1 is 1.36 bits per heavy atom. The van der Waals surface area contributed by atoms with Crippen LogP contribution in [-0.2, 0) is 0 Å². The third-order valence-corrected chi connectivity index (χ3v) is 2.99. The molecular formula is C9H15NS. The molecule has 0 radical (unpaired) electrons. The summed E-state index contributed by atoms with van der Waals surface area (Å²) in [5, 5.41) is 2.50. The van der Waals surface area contributed by atoms with E-state index in [0.29, 0.717) is 12.0 Å². The van der Waals surface area contributed by atoms with Crippen LogP contribution in [0.15, 0.2) is 4.99 Å². The molecule has 1 aliphatic carbocycles. The average Bonchev–Trinajstić information content (AvgIpc) is 1.99. The molecule has 0 N–H and O–H groups in total. The van der Waals surface area contributed by atoms with E-state index >= 15 is 0 Å². The van der Waals surface area contributed by atoms with Crippen LogP contribution in [-0.4, -0.2) is 11.2 Å². The van der Waals surface area contributed by atoms with E-state index in [2.05, 4.69) is 36.2 Å². The molecule has 1 nitrogen and oxygen atoms in total. The summed E-state index contributed by atoms with van der Waals surface area (Å²) in [5.41, 5.74) is 0. The molecule has 0 spiro atoms. The van der Waals surface area contributed by atoms with Gasteiger partial charge in [0.25, 0.3) is 0 Å². The molecule has 1 fully saturated rings. The van der Waals surface area contributed by atoms with Gasteiger partial charge in [0.2, 0.25) is 0 Å². The molecule has 3 atom stereocenters. The number of nitrogens with zero attached hydrogens (tertiary/aromatic N) is 1. The zero-order valence-corrected chi connectivity index (χ0v) is 8.03.